The molecule has 0 aromatic carbocycles. The number of fused-ring (bicyclic) bond motifs is 5. The second-order valence-corrected chi connectivity index (χ2v) is 8.02. The van der Waals surface area contributed by atoms with E-state index in [4.69, 9.17) is 0 Å². The van der Waals surface area contributed by atoms with Gasteiger partial charge in [0.25, 0.3) is 5.91 Å². The van der Waals surface area contributed by atoms with Gasteiger partial charge in [-0.25, -0.2) is 14.5 Å². The van der Waals surface area contributed by atoms with Crippen molar-refractivity contribution >= 4 is 33.1 Å². The zero-order valence-electron chi connectivity index (χ0n) is 14.9. The first-order valence-corrected chi connectivity index (χ1v) is 9.84. The van der Waals surface area contributed by atoms with Crippen LogP contribution in [0, 0.1) is 0 Å². The number of nitrogens with zero attached hydrogens (tertiary/aromatic N) is 5. The number of unbranched alkanes of at least 4 members (excludes halogenated alkanes) is 1. The lowest BCUT2D eigenvalue weighted by molar-refractivity contribution is 0.0781. The first-order valence-electron chi connectivity index (χ1n) is 9.02. The van der Waals surface area contributed by atoms with Crippen molar-refractivity contribution in [1.82, 2.24) is 24.5 Å². The molecule has 6 nitrogen and oxygen atoms in total. The van der Waals surface area contributed by atoms with Gasteiger partial charge in [0, 0.05) is 18.5 Å². The third-order valence-electron chi connectivity index (χ3n) is 5.06. The fourth-order valence-corrected chi connectivity index (χ4v) is 4.94. The maximum atomic E-state index is 12.6. The van der Waals surface area contributed by atoms with Crippen LogP contribution in [0.4, 0.5) is 0 Å². The molecule has 1 unspecified atom stereocenters. The molecule has 0 N–H and O–H groups in total. The van der Waals surface area contributed by atoms with Gasteiger partial charge in [-0.3, -0.25) is 4.79 Å². The second-order valence-electron chi connectivity index (χ2n) is 6.94. The Balaban J connectivity index is 1.82. The summed E-state index contributed by atoms with van der Waals surface area (Å²) in [7, 11) is 1.81. The van der Waals surface area contributed by atoms with Crippen molar-refractivity contribution in [3.8, 4) is 0 Å². The van der Waals surface area contributed by atoms with E-state index in [9.17, 15) is 4.79 Å². The number of carbonyl (C=O) groups excluding carboxylic acids is 1. The van der Waals surface area contributed by atoms with Gasteiger partial charge in [0.05, 0.1) is 5.39 Å². The average molecular weight is 357 g/mol. The third kappa shape index (κ3) is 2.70. The van der Waals surface area contributed by atoms with Crippen LogP contribution in [0.5, 0.6) is 0 Å². The van der Waals surface area contributed by atoms with E-state index in [1.54, 1.807) is 27.1 Å². The number of aromatic nitrogens is 4. The van der Waals surface area contributed by atoms with Crippen LogP contribution in [0.25, 0.3) is 15.9 Å². The van der Waals surface area contributed by atoms with Crippen molar-refractivity contribution in [3.05, 3.63) is 22.6 Å². The van der Waals surface area contributed by atoms with Gasteiger partial charge in [-0.15, -0.1) is 16.4 Å². The molecular formula is C18H23N5OS. The van der Waals surface area contributed by atoms with Crippen molar-refractivity contribution in [3.63, 3.8) is 0 Å². The Labute approximate surface area is 150 Å². The number of thiophene rings is 1. The highest BCUT2D eigenvalue weighted by molar-refractivity contribution is 7.19. The molecule has 3 aromatic heterocycles. The average Bonchev–Trinajstić information content (AvgIpc) is 3.20. The van der Waals surface area contributed by atoms with Crippen LogP contribution in [-0.2, 0) is 6.42 Å². The van der Waals surface area contributed by atoms with Gasteiger partial charge in [-0.05, 0) is 37.2 Å². The van der Waals surface area contributed by atoms with Crippen molar-refractivity contribution < 1.29 is 4.79 Å². The number of amides is 1. The molecule has 0 radical (unpaired) electrons. The summed E-state index contributed by atoms with van der Waals surface area (Å²) < 4.78 is 1.66. The Morgan fingerprint density at radius 2 is 2.32 bits per heavy atom. The number of rotatable bonds is 4. The maximum Gasteiger partial charge on any atom is 0.293 e. The Hall–Kier alpha value is -2.02. The molecule has 1 atom stereocenters. The Kier molecular flexibility index (Phi) is 4.19. The topological polar surface area (TPSA) is 63.4 Å². The van der Waals surface area contributed by atoms with Crippen LogP contribution in [0.2, 0.25) is 0 Å². The van der Waals surface area contributed by atoms with E-state index >= 15 is 0 Å². The summed E-state index contributed by atoms with van der Waals surface area (Å²) in [6, 6.07) is 0. The van der Waals surface area contributed by atoms with Crippen molar-refractivity contribution in [1.29, 1.82) is 0 Å². The Bertz CT molecular complexity index is 944. The number of carbonyl (C=O) groups is 1. The zero-order chi connectivity index (χ0) is 17.6. The minimum Gasteiger partial charge on any atom is -0.339 e. The van der Waals surface area contributed by atoms with E-state index in [1.807, 2.05) is 7.05 Å². The molecule has 4 rings (SSSR count). The number of hydrogen-bond acceptors (Lipinski definition) is 5. The molecule has 0 saturated carbocycles. The highest BCUT2D eigenvalue weighted by Crippen LogP contribution is 2.42. The molecule has 3 aromatic rings. The molecule has 0 spiro atoms. The normalized spacial score (nSPS) is 17.2. The minimum absolute atomic E-state index is 0.123. The first kappa shape index (κ1) is 16.4. The molecule has 1 amide bonds. The van der Waals surface area contributed by atoms with Crippen LogP contribution in [0.15, 0.2) is 6.33 Å². The second kappa shape index (κ2) is 6.37. The minimum atomic E-state index is -0.123. The molecule has 25 heavy (non-hydrogen) atoms. The molecule has 1 aliphatic rings. The smallest absolute Gasteiger partial charge is 0.293 e. The van der Waals surface area contributed by atoms with Gasteiger partial charge in [0.2, 0.25) is 5.82 Å². The molecule has 0 saturated heterocycles. The standard InChI is InChI=1S/C18H23N5OS/c1-4-5-9-22(3)18(24)15-20-16-14-13-11(2)7-6-8-12(13)25-17(14)19-10-23(16)21-15/h10-11H,4-9H2,1-3H3. The van der Waals surface area contributed by atoms with E-state index in [0.717, 1.165) is 41.7 Å². The fourth-order valence-electron chi connectivity index (χ4n) is 3.64. The van der Waals surface area contributed by atoms with Crippen LogP contribution in [-0.4, -0.2) is 44.0 Å². The van der Waals surface area contributed by atoms with Crippen LogP contribution < -0.4 is 0 Å². The van der Waals surface area contributed by atoms with Crippen molar-refractivity contribution in [2.45, 2.75) is 51.9 Å². The summed E-state index contributed by atoms with van der Waals surface area (Å²) in [4.78, 5) is 25.9. The third-order valence-corrected chi connectivity index (χ3v) is 6.23. The van der Waals surface area contributed by atoms with Crippen molar-refractivity contribution in [2.75, 3.05) is 13.6 Å². The molecule has 0 bridgehead atoms. The quantitative estimate of drug-likeness (QED) is 0.715. The molecule has 1 aliphatic carbocycles. The van der Waals surface area contributed by atoms with Crippen LogP contribution in [0.3, 0.4) is 0 Å². The molecule has 132 valence electrons. The number of aryl methyl sites for hydroxylation is 1. The van der Waals surface area contributed by atoms with E-state index < -0.39 is 0 Å². The predicted octanol–water partition coefficient (Wildman–Crippen LogP) is 3.65. The zero-order valence-corrected chi connectivity index (χ0v) is 15.8. The van der Waals surface area contributed by atoms with Gasteiger partial charge in [0.1, 0.15) is 11.2 Å². The van der Waals surface area contributed by atoms with E-state index in [1.165, 1.54) is 23.3 Å². The van der Waals surface area contributed by atoms with Gasteiger partial charge in [0.15, 0.2) is 5.65 Å². The first-order chi connectivity index (χ1) is 12.1. The summed E-state index contributed by atoms with van der Waals surface area (Å²) in [5.74, 6) is 0.646. The summed E-state index contributed by atoms with van der Waals surface area (Å²) >= 11 is 1.77. The van der Waals surface area contributed by atoms with E-state index in [2.05, 4.69) is 28.9 Å². The summed E-state index contributed by atoms with van der Waals surface area (Å²) in [5.41, 5.74) is 2.14. The lowest BCUT2D eigenvalue weighted by atomic mass is 9.87. The summed E-state index contributed by atoms with van der Waals surface area (Å²) in [6.07, 6.45) is 7.26. The lowest BCUT2D eigenvalue weighted by Gasteiger charge is -2.18. The lowest BCUT2D eigenvalue weighted by Crippen LogP contribution is -2.28. The Morgan fingerprint density at radius 3 is 3.12 bits per heavy atom. The fraction of sp³-hybridized carbons (Fsp3) is 0.556. The highest BCUT2D eigenvalue weighted by Gasteiger charge is 2.26. The molecule has 7 heteroatoms. The Morgan fingerprint density at radius 1 is 1.48 bits per heavy atom. The molecule has 0 fully saturated rings. The van der Waals surface area contributed by atoms with Crippen molar-refractivity contribution in [2.24, 2.45) is 0 Å². The molecular weight excluding hydrogens is 334 g/mol. The van der Waals surface area contributed by atoms with Gasteiger partial charge >= 0.3 is 0 Å². The molecule has 3 heterocycles. The van der Waals surface area contributed by atoms with Gasteiger partial charge < -0.3 is 4.90 Å². The summed E-state index contributed by atoms with van der Waals surface area (Å²) in [6.45, 7) is 5.11. The molecule has 0 aliphatic heterocycles. The summed E-state index contributed by atoms with van der Waals surface area (Å²) in [5, 5.41) is 5.50. The predicted molar refractivity (Wildman–Crippen MR) is 99.4 cm³/mol. The number of hydrogen-bond donors (Lipinski definition) is 0. The van der Waals surface area contributed by atoms with Gasteiger partial charge in [-0.1, -0.05) is 20.3 Å². The van der Waals surface area contributed by atoms with Crippen LogP contribution in [0.1, 0.15) is 66.5 Å². The monoisotopic (exact) mass is 357 g/mol. The van der Waals surface area contributed by atoms with E-state index in [-0.39, 0.29) is 11.7 Å². The highest BCUT2D eigenvalue weighted by atomic mass is 32.1. The maximum absolute atomic E-state index is 12.6. The van der Waals surface area contributed by atoms with Gasteiger partial charge in [-0.2, -0.15) is 0 Å². The van der Waals surface area contributed by atoms with Crippen LogP contribution >= 0.6 is 11.3 Å². The largest absolute Gasteiger partial charge is 0.339 e. The van der Waals surface area contributed by atoms with E-state index in [0.29, 0.717) is 5.92 Å². The SMILES string of the molecule is CCCCN(C)C(=O)c1nc2c3c4c(sc3ncn2n1)CCCC4C.